The van der Waals surface area contributed by atoms with Crippen LogP contribution in [-0.4, -0.2) is 17.7 Å². The third kappa shape index (κ3) is 2.93. The highest BCUT2D eigenvalue weighted by atomic mass is 16.3. The molecule has 0 aliphatic carbocycles. The Bertz CT molecular complexity index is 383. The highest BCUT2D eigenvalue weighted by Gasteiger charge is 2.33. The van der Waals surface area contributed by atoms with Gasteiger partial charge in [0.05, 0.1) is 0 Å². The van der Waals surface area contributed by atoms with Gasteiger partial charge in [-0.25, -0.2) is 0 Å². The van der Waals surface area contributed by atoms with Crippen molar-refractivity contribution in [1.82, 2.24) is 5.32 Å². The Balaban J connectivity index is 2.27. The molecule has 2 unspecified atom stereocenters. The van der Waals surface area contributed by atoms with E-state index in [9.17, 15) is 5.11 Å². The van der Waals surface area contributed by atoms with Crippen molar-refractivity contribution in [2.45, 2.75) is 58.1 Å². The number of aliphatic hydroxyl groups is 1. The van der Waals surface area contributed by atoms with Gasteiger partial charge in [0.15, 0.2) is 0 Å². The molecule has 1 aromatic carbocycles. The summed E-state index contributed by atoms with van der Waals surface area (Å²) in [6.45, 7) is 7.15. The molecule has 2 rings (SSSR count). The van der Waals surface area contributed by atoms with Crippen LogP contribution in [0.25, 0.3) is 0 Å². The second-order valence-electron chi connectivity index (χ2n) is 5.88. The largest absolute Gasteiger partial charge is 0.384 e. The van der Waals surface area contributed by atoms with Crippen LogP contribution in [0.2, 0.25) is 0 Å². The zero-order valence-corrected chi connectivity index (χ0v) is 11.8. The van der Waals surface area contributed by atoms with Gasteiger partial charge in [-0.2, -0.15) is 0 Å². The fourth-order valence-electron chi connectivity index (χ4n) is 2.98. The van der Waals surface area contributed by atoms with Crippen LogP contribution < -0.4 is 5.32 Å². The van der Waals surface area contributed by atoms with Crippen LogP contribution in [0.15, 0.2) is 18.2 Å². The summed E-state index contributed by atoms with van der Waals surface area (Å²) in [4.78, 5) is 0. The first kappa shape index (κ1) is 13.6. The Labute approximate surface area is 110 Å². The highest BCUT2D eigenvalue weighted by molar-refractivity contribution is 5.33. The third-order valence-corrected chi connectivity index (χ3v) is 4.04. The average Bonchev–Trinajstić information content (AvgIpc) is 2.56. The maximum absolute atomic E-state index is 10.9. The van der Waals surface area contributed by atoms with Gasteiger partial charge in [0.2, 0.25) is 0 Å². The van der Waals surface area contributed by atoms with Crippen molar-refractivity contribution in [2.24, 2.45) is 0 Å². The average molecular weight is 247 g/mol. The fourth-order valence-corrected chi connectivity index (χ4v) is 2.98. The van der Waals surface area contributed by atoms with Crippen LogP contribution in [0, 0.1) is 13.8 Å². The first-order valence-corrected chi connectivity index (χ1v) is 7.04. The van der Waals surface area contributed by atoms with Gasteiger partial charge in [0.1, 0.15) is 5.60 Å². The summed E-state index contributed by atoms with van der Waals surface area (Å²) < 4.78 is 0. The lowest BCUT2D eigenvalue weighted by Gasteiger charge is -2.34. The summed E-state index contributed by atoms with van der Waals surface area (Å²) in [5.74, 6) is 0. The smallest absolute Gasteiger partial charge is 0.102 e. The van der Waals surface area contributed by atoms with Crippen LogP contribution in [0.4, 0.5) is 0 Å². The standard InChI is InChI=1S/C16H25NO/c1-12-9-13(2)11-14(10-12)16(3,18)15-7-5-4-6-8-17-15/h9-11,15,17-18H,4-8H2,1-3H3. The molecule has 1 fully saturated rings. The van der Waals surface area contributed by atoms with E-state index in [0.29, 0.717) is 0 Å². The van der Waals surface area contributed by atoms with Crippen LogP contribution in [0.5, 0.6) is 0 Å². The van der Waals surface area contributed by atoms with Gasteiger partial charge in [0.25, 0.3) is 0 Å². The van der Waals surface area contributed by atoms with Crippen molar-refractivity contribution < 1.29 is 5.11 Å². The molecule has 2 atom stereocenters. The number of rotatable bonds is 2. The van der Waals surface area contributed by atoms with E-state index in [4.69, 9.17) is 0 Å². The van der Waals surface area contributed by atoms with Crippen molar-refractivity contribution in [3.8, 4) is 0 Å². The molecule has 0 saturated carbocycles. The second kappa shape index (κ2) is 5.41. The first-order chi connectivity index (χ1) is 8.50. The van der Waals surface area contributed by atoms with Crippen LogP contribution in [0.1, 0.15) is 49.3 Å². The Morgan fingerprint density at radius 1 is 1.11 bits per heavy atom. The fraction of sp³-hybridized carbons (Fsp3) is 0.625. The van der Waals surface area contributed by atoms with Crippen molar-refractivity contribution in [2.75, 3.05) is 6.54 Å². The van der Waals surface area contributed by atoms with E-state index >= 15 is 0 Å². The van der Waals surface area contributed by atoms with E-state index in [0.717, 1.165) is 18.5 Å². The van der Waals surface area contributed by atoms with E-state index in [2.05, 4.69) is 37.4 Å². The maximum Gasteiger partial charge on any atom is 0.102 e. The molecule has 2 nitrogen and oxygen atoms in total. The predicted octanol–water partition coefficient (Wildman–Crippen LogP) is 3.04. The predicted molar refractivity (Wildman–Crippen MR) is 75.7 cm³/mol. The summed E-state index contributed by atoms with van der Waals surface area (Å²) in [7, 11) is 0. The molecule has 0 spiro atoms. The van der Waals surface area contributed by atoms with Crippen molar-refractivity contribution in [1.29, 1.82) is 0 Å². The van der Waals surface area contributed by atoms with Gasteiger partial charge in [-0.1, -0.05) is 42.2 Å². The molecule has 1 aromatic rings. The van der Waals surface area contributed by atoms with Gasteiger partial charge in [0, 0.05) is 6.04 Å². The molecule has 1 aliphatic rings. The second-order valence-corrected chi connectivity index (χ2v) is 5.88. The van der Waals surface area contributed by atoms with Crippen LogP contribution >= 0.6 is 0 Å². The van der Waals surface area contributed by atoms with Gasteiger partial charge in [-0.3, -0.25) is 0 Å². The quantitative estimate of drug-likeness (QED) is 0.842. The maximum atomic E-state index is 10.9. The van der Waals surface area contributed by atoms with Crippen LogP contribution in [-0.2, 0) is 5.60 Å². The minimum Gasteiger partial charge on any atom is -0.384 e. The lowest BCUT2D eigenvalue weighted by molar-refractivity contribution is 0.0135. The molecular formula is C16H25NO. The lowest BCUT2D eigenvalue weighted by atomic mass is 9.84. The minimum absolute atomic E-state index is 0.168. The Morgan fingerprint density at radius 2 is 1.78 bits per heavy atom. The Kier molecular flexibility index (Phi) is 4.08. The van der Waals surface area contributed by atoms with Gasteiger partial charge < -0.3 is 10.4 Å². The van der Waals surface area contributed by atoms with Crippen molar-refractivity contribution >= 4 is 0 Å². The molecule has 2 N–H and O–H groups in total. The van der Waals surface area contributed by atoms with Crippen molar-refractivity contribution in [3.63, 3.8) is 0 Å². The van der Waals surface area contributed by atoms with Crippen molar-refractivity contribution in [3.05, 3.63) is 34.9 Å². The number of benzene rings is 1. The molecule has 0 aromatic heterocycles. The Morgan fingerprint density at radius 3 is 2.44 bits per heavy atom. The van der Waals surface area contributed by atoms with E-state index in [-0.39, 0.29) is 6.04 Å². The van der Waals surface area contributed by atoms with E-state index in [1.165, 1.54) is 30.4 Å². The zero-order chi connectivity index (χ0) is 13.2. The summed E-state index contributed by atoms with van der Waals surface area (Å²) in [5.41, 5.74) is 2.71. The minimum atomic E-state index is -0.777. The SMILES string of the molecule is Cc1cc(C)cc(C(C)(O)C2CCCCCN2)c1. The molecule has 1 aliphatic heterocycles. The lowest BCUT2D eigenvalue weighted by Crippen LogP contribution is -2.46. The summed E-state index contributed by atoms with van der Waals surface area (Å²) >= 11 is 0. The van der Waals surface area contributed by atoms with E-state index < -0.39 is 5.60 Å². The summed E-state index contributed by atoms with van der Waals surface area (Å²) in [6, 6.07) is 6.54. The number of hydrogen-bond donors (Lipinski definition) is 2. The topological polar surface area (TPSA) is 32.3 Å². The molecule has 100 valence electrons. The van der Waals surface area contributed by atoms with E-state index in [1.54, 1.807) is 0 Å². The molecule has 0 amide bonds. The highest BCUT2D eigenvalue weighted by Crippen LogP contribution is 2.30. The summed E-state index contributed by atoms with van der Waals surface area (Å²) in [5, 5.41) is 14.4. The van der Waals surface area contributed by atoms with E-state index in [1.807, 2.05) is 6.92 Å². The Hall–Kier alpha value is -0.860. The molecule has 0 bridgehead atoms. The molecule has 1 heterocycles. The molecule has 1 saturated heterocycles. The first-order valence-electron chi connectivity index (χ1n) is 7.04. The summed E-state index contributed by atoms with van der Waals surface area (Å²) in [6.07, 6.45) is 4.75. The molecule has 18 heavy (non-hydrogen) atoms. The van der Waals surface area contributed by atoms with Gasteiger partial charge >= 0.3 is 0 Å². The van der Waals surface area contributed by atoms with Crippen LogP contribution in [0.3, 0.4) is 0 Å². The van der Waals surface area contributed by atoms with Gasteiger partial charge in [-0.15, -0.1) is 0 Å². The number of aryl methyl sites for hydroxylation is 2. The molecule has 2 heteroatoms. The van der Waals surface area contributed by atoms with Gasteiger partial charge in [-0.05, 0) is 45.7 Å². The number of hydrogen-bond acceptors (Lipinski definition) is 2. The molecular weight excluding hydrogens is 222 g/mol. The number of nitrogens with one attached hydrogen (secondary N) is 1. The monoisotopic (exact) mass is 247 g/mol. The zero-order valence-electron chi connectivity index (χ0n) is 11.8. The normalized spacial score (nSPS) is 24.3. The third-order valence-electron chi connectivity index (χ3n) is 4.04. The molecule has 0 radical (unpaired) electrons.